The first kappa shape index (κ1) is 18.5. The SMILES string of the molecule is CC(C)c1nnsc1C(=O)N1CCCC(C2NNCC2c2ccccc2)C1. The van der Waals surface area contributed by atoms with Gasteiger partial charge in [-0.25, -0.2) is 0 Å². The van der Waals surface area contributed by atoms with Gasteiger partial charge in [0.05, 0.1) is 5.69 Å². The topological polar surface area (TPSA) is 70.2 Å². The van der Waals surface area contributed by atoms with E-state index in [1.54, 1.807) is 0 Å². The summed E-state index contributed by atoms with van der Waals surface area (Å²) in [5.41, 5.74) is 9.02. The summed E-state index contributed by atoms with van der Waals surface area (Å²) in [7, 11) is 0. The minimum Gasteiger partial charge on any atom is -0.338 e. The van der Waals surface area contributed by atoms with Crippen molar-refractivity contribution in [2.75, 3.05) is 19.6 Å². The smallest absolute Gasteiger partial charge is 0.267 e. The molecular formula is C20H27N5OS. The van der Waals surface area contributed by atoms with Crippen molar-refractivity contribution in [3.63, 3.8) is 0 Å². The van der Waals surface area contributed by atoms with Crippen LogP contribution in [0.15, 0.2) is 30.3 Å². The second-order valence-corrected chi connectivity index (χ2v) is 8.62. The predicted molar refractivity (Wildman–Crippen MR) is 107 cm³/mol. The Kier molecular flexibility index (Phi) is 5.52. The van der Waals surface area contributed by atoms with Gasteiger partial charge in [-0.15, -0.1) is 5.10 Å². The molecule has 144 valence electrons. The third-order valence-corrected chi connectivity index (χ3v) is 6.49. The summed E-state index contributed by atoms with van der Waals surface area (Å²) in [6.45, 7) is 6.66. The van der Waals surface area contributed by atoms with Gasteiger partial charge in [-0.1, -0.05) is 48.7 Å². The number of hydrogen-bond acceptors (Lipinski definition) is 6. The Balaban J connectivity index is 1.49. The van der Waals surface area contributed by atoms with Crippen molar-refractivity contribution in [3.05, 3.63) is 46.5 Å². The van der Waals surface area contributed by atoms with Gasteiger partial charge < -0.3 is 4.90 Å². The van der Waals surface area contributed by atoms with E-state index in [9.17, 15) is 4.79 Å². The summed E-state index contributed by atoms with van der Waals surface area (Å²) >= 11 is 1.23. The molecule has 3 heterocycles. The molecule has 2 fully saturated rings. The zero-order chi connectivity index (χ0) is 18.8. The van der Waals surface area contributed by atoms with E-state index >= 15 is 0 Å². The summed E-state index contributed by atoms with van der Waals surface area (Å²) in [4.78, 5) is 15.8. The molecule has 0 aliphatic carbocycles. The quantitative estimate of drug-likeness (QED) is 0.847. The number of carbonyl (C=O) groups excluding carboxylic acids is 1. The number of amides is 1. The Bertz CT molecular complexity index is 778. The maximum Gasteiger partial charge on any atom is 0.267 e. The van der Waals surface area contributed by atoms with E-state index in [0.29, 0.717) is 22.8 Å². The Morgan fingerprint density at radius 2 is 2.11 bits per heavy atom. The molecule has 1 amide bonds. The van der Waals surface area contributed by atoms with Crippen LogP contribution in [0.2, 0.25) is 0 Å². The van der Waals surface area contributed by atoms with E-state index in [2.05, 4.69) is 64.6 Å². The number of hydrogen-bond donors (Lipinski definition) is 2. The maximum atomic E-state index is 13.1. The number of carbonyl (C=O) groups is 1. The summed E-state index contributed by atoms with van der Waals surface area (Å²) in [6, 6.07) is 11.0. The highest BCUT2D eigenvalue weighted by atomic mass is 32.1. The van der Waals surface area contributed by atoms with E-state index < -0.39 is 0 Å². The first-order valence-electron chi connectivity index (χ1n) is 9.80. The molecule has 0 radical (unpaired) electrons. The van der Waals surface area contributed by atoms with Crippen LogP contribution in [-0.4, -0.2) is 46.1 Å². The molecular weight excluding hydrogens is 358 g/mol. The van der Waals surface area contributed by atoms with Gasteiger partial charge in [0.15, 0.2) is 0 Å². The fourth-order valence-electron chi connectivity index (χ4n) is 4.34. The first-order valence-corrected chi connectivity index (χ1v) is 10.6. The Labute approximate surface area is 164 Å². The van der Waals surface area contributed by atoms with Crippen LogP contribution in [-0.2, 0) is 0 Å². The molecule has 6 nitrogen and oxygen atoms in total. The zero-order valence-corrected chi connectivity index (χ0v) is 16.7. The maximum absolute atomic E-state index is 13.1. The average Bonchev–Trinajstić information content (AvgIpc) is 3.38. The Morgan fingerprint density at radius 1 is 1.30 bits per heavy atom. The molecule has 2 aliphatic heterocycles. The summed E-state index contributed by atoms with van der Waals surface area (Å²) in [5.74, 6) is 1.18. The third kappa shape index (κ3) is 3.77. The van der Waals surface area contributed by atoms with Crippen molar-refractivity contribution >= 4 is 17.4 Å². The number of nitrogens with one attached hydrogen (secondary N) is 2. The van der Waals surface area contributed by atoms with Crippen LogP contribution in [0.4, 0.5) is 0 Å². The van der Waals surface area contributed by atoms with Crippen molar-refractivity contribution in [1.29, 1.82) is 0 Å². The molecule has 1 aromatic carbocycles. The van der Waals surface area contributed by atoms with Gasteiger partial charge in [0.1, 0.15) is 4.88 Å². The van der Waals surface area contributed by atoms with E-state index in [1.807, 2.05) is 4.90 Å². The average molecular weight is 386 g/mol. The van der Waals surface area contributed by atoms with Crippen LogP contribution in [0.3, 0.4) is 0 Å². The van der Waals surface area contributed by atoms with Crippen molar-refractivity contribution in [3.8, 4) is 0 Å². The van der Waals surface area contributed by atoms with Crippen LogP contribution < -0.4 is 10.9 Å². The molecule has 7 heteroatoms. The number of benzene rings is 1. The third-order valence-electron chi connectivity index (χ3n) is 5.76. The first-order chi connectivity index (χ1) is 13.1. The number of aromatic nitrogens is 2. The van der Waals surface area contributed by atoms with Gasteiger partial charge in [-0.2, -0.15) is 0 Å². The minimum absolute atomic E-state index is 0.0978. The highest BCUT2D eigenvalue weighted by molar-refractivity contribution is 7.08. The van der Waals surface area contributed by atoms with Crippen LogP contribution in [0.25, 0.3) is 0 Å². The molecule has 3 atom stereocenters. The lowest BCUT2D eigenvalue weighted by molar-refractivity contribution is 0.0647. The number of piperidine rings is 1. The second-order valence-electron chi connectivity index (χ2n) is 7.86. The highest BCUT2D eigenvalue weighted by Gasteiger charge is 2.38. The number of likely N-dealkylation sites (tertiary alicyclic amines) is 1. The lowest BCUT2D eigenvalue weighted by Gasteiger charge is -2.37. The van der Waals surface area contributed by atoms with Crippen molar-refractivity contribution < 1.29 is 4.79 Å². The molecule has 2 aromatic rings. The molecule has 4 rings (SSSR count). The van der Waals surface area contributed by atoms with E-state index in [1.165, 1.54) is 17.1 Å². The number of nitrogens with zero attached hydrogens (tertiary/aromatic N) is 3. The molecule has 0 saturated carbocycles. The lowest BCUT2D eigenvalue weighted by atomic mass is 9.81. The van der Waals surface area contributed by atoms with Gasteiger partial charge in [0.25, 0.3) is 5.91 Å². The normalized spacial score (nSPS) is 25.9. The summed E-state index contributed by atoms with van der Waals surface area (Å²) < 4.78 is 4.03. The molecule has 27 heavy (non-hydrogen) atoms. The van der Waals surface area contributed by atoms with E-state index in [0.717, 1.165) is 38.2 Å². The number of rotatable bonds is 4. The van der Waals surface area contributed by atoms with E-state index in [-0.39, 0.29) is 11.8 Å². The summed E-state index contributed by atoms with van der Waals surface area (Å²) in [6.07, 6.45) is 2.18. The summed E-state index contributed by atoms with van der Waals surface area (Å²) in [5, 5.41) is 4.18. The number of hydrazine groups is 1. The predicted octanol–water partition coefficient (Wildman–Crippen LogP) is 2.77. The minimum atomic E-state index is 0.0978. The van der Waals surface area contributed by atoms with Crippen LogP contribution >= 0.6 is 11.5 Å². The monoisotopic (exact) mass is 385 g/mol. The largest absolute Gasteiger partial charge is 0.338 e. The van der Waals surface area contributed by atoms with Gasteiger partial charge in [0, 0.05) is 31.6 Å². The van der Waals surface area contributed by atoms with Gasteiger partial charge in [0.2, 0.25) is 0 Å². The van der Waals surface area contributed by atoms with Crippen LogP contribution in [0.5, 0.6) is 0 Å². The van der Waals surface area contributed by atoms with Crippen molar-refractivity contribution in [1.82, 2.24) is 25.3 Å². The Hall–Kier alpha value is -1.83. The van der Waals surface area contributed by atoms with Crippen LogP contribution in [0.1, 0.15) is 59.5 Å². The molecule has 1 aromatic heterocycles. The molecule has 2 aliphatic rings. The van der Waals surface area contributed by atoms with Gasteiger partial charge >= 0.3 is 0 Å². The van der Waals surface area contributed by atoms with Gasteiger partial charge in [-0.3, -0.25) is 15.6 Å². The molecule has 0 spiro atoms. The highest BCUT2D eigenvalue weighted by Crippen LogP contribution is 2.32. The standard InChI is InChI=1S/C20H27N5OS/c1-13(2)17-19(27-24-23-17)20(26)25-10-6-9-15(12-25)18-16(11-21-22-18)14-7-4-3-5-8-14/h3-5,7-8,13,15-16,18,21-22H,6,9-12H2,1-2H3. The molecule has 0 bridgehead atoms. The van der Waals surface area contributed by atoms with Crippen molar-refractivity contribution in [2.45, 2.75) is 44.6 Å². The molecule has 2 saturated heterocycles. The second kappa shape index (κ2) is 8.04. The van der Waals surface area contributed by atoms with Crippen LogP contribution in [0, 0.1) is 5.92 Å². The van der Waals surface area contributed by atoms with E-state index in [4.69, 9.17) is 0 Å². The fraction of sp³-hybridized carbons (Fsp3) is 0.550. The molecule has 3 unspecified atom stereocenters. The lowest BCUT2D eigenvalue weighted by Crippen LogP contribution is -2.48. The van der Waals surface area contributed by atoms with Crippen molar-refractivity contribution in [2.24, 2.45) is 5.92 Å². The van der Waals surface area contributed by atoms with Gasteiger partial charge in [-0.05, 0) is 41.8 Å². The zero-order valence-electron chi connectivity index (χ0n) is 15.9. The molecule has 2 N–H and O–H groups in total. The Morgan fingerprint density at radius 3 is 2.89 bits per heavy atom. The fourth-order valence-corrected chi connectivity index (χ4v) is 5.13.